The zero-order valence-corrected chi connectivity index (χ0v) is 14.5. The lowest BCUT2D eigenvalue weighted by Crippen LogP contribution is -2.30. The largest absolute Gasteiger partial charge is 0.449 e. The van der Waals surface area contributed by atoms with Crippen LogP contribution in [-0.4, -0.2) is 22.5 Å². The van der Waals surface area contributed by atoms with Gasteiger partial charge in [0.25, 0.3) is 5.91 Å². The Bertz CT molecular complexity index is 815. The third kappa shape index (κ3) is 4.04. The Kier molecular flexibility index (Phi) is 5.56. The number of carbonyl (C=O) groups is 2. The molecule has 1 atom stereocenters. The molecule has 25 heavy (non-hydrogen) atoms. The summed E-state index contributed by atoms with van der Waals surface area (Å²) in [5, 5.41) is 2.21. The van der Waals surface area contributed by atoms with Gasteiger partial charge in [0.15, 0.2) is 6.10 Å². The number of rotatable bonds is 5. The summed E-state index contributed by atoms with van der Waals surface area (Å²) in [6.07, 6.45) is -1.17. The highest BCUT2D eigenvalue weighted by molar-refractivity contribution is 5.97. The number of aryl methyl sites for hydroxylation is 1. The Hall–Kier alpha value is -2.70. The van der Waals surface area contributed by atoms with Crippen molar-refractivity contribution >= 4 is 17.6 Å². The highest BCUT2D eigenvalue weighted by Gasteiger charge is 2.23. The average molecular weight is 350 g/mol. The average Bonchev–Trinajstić information content (AvgIpc) is 2.84. The van der Waals surface area contributed by atoms with Crippen LogP contribution in [0, 0.1) is 25.5 Å². The molecule has 1 N–H and O–H groups in total. The Morgan fingerprint density at radius 1 is 1.24 bits per heavy atom. The smallest absolute Gasteiger partial charge is 0.340 e. The molecule has 0 saturated carbocycles. The van der Waals surface area contributed by atoms with Gasteiger partial charge in [-0.05, 0) is 45.9 Å². The highest BCUT2D eigenvalue weighted by atomic mass is 19.1. The molecule has 1 amide bonds. The molecule has 0 spiro atoms. The van der Waals surface area contributed by atoms with Crippen molar-refractivity contribution in [1.29, 1.82) is 0 Å². The Morgan fingerprint density at radius 3 is 2.52 bits per heavy atom. The SMILES string of the molecule is CCn1c(C)cc(C(=O)OC(C)C(=O)Nc2cc(F)ccc2F)c1C. The minimum atomic E-state index is -1.17. The van der Waals surface area contributed by atoms with E-state index in [-0.39, 0.29) is 5.69 Å². The second-order valence-electron chi connectivity index (χ2n) is 5.69. The molecular weight excluding hydrogens is 330 g/mol. The minimum absolute atomic E-state index is 0.308. The van der Waals surface area contributed by atoms with Gasteiger partial charge in [0, 0.05) is 24.0 Å². The molecule has 0 radical (unpaired) electrons. The highest BCUT2D eigenvalue weighted by Crippen LogP contribution is 2.18. The number of halogens is 2. The summed E-state index contributed by atoms with van der Waals surface area (Å²) < 4.78 is 33.8. The van der Waals surface area contributed by atoms with Crippen LogP contribution >= 0.6 is 0 Å². The van der Waals surface area contributed by atoms with E-state index in [2.05, 4.69) is 5.32 Å². The lowest BCUT2D eigenvalue weighted by atomic mass is 10.2. The van der Waals surface area contributed by atoms with Crippen LogP contribution in [0.15, 0.2) is 24.3 Å². The van der Waals surface area contributed by atoms with Crippen LogP contribution in [-0.2, 0) is 16.1 Å². The predicted octanol–water partition coefficient (Wildman–Crippen LogP) is 3.59. The molecule has 1 aromatic carbocycles. The number of nitrogens with one attached hydrogen (secondary N) is 1. The zero-order chi connectivity index (χ0) is 18.7. The number of hydrogen-bond donors (Lipinski definition) is 1. The lowest BCUT2D eigenvalue weighted by Gasteiger charge is -2.14. The second kappa shape index (κ2) is 7.46. The molecule has 1 aromatic heterocycles. The van der Waals surface area contributed by atoms with Crippen molar-refractivity contribution in [3.8, 4) is 0 Å². The van der Waals surface area contributed by atoms with Crippen LogP contribution < -0.4 is 5.32 Å². The number of carbonyl (C=O) groups excluding carboxylic acids is 2. The van der Waals surface area contributed by atoms with Crippen molar-refractivity contribution in [2.75, 3.05) is 5.32 Å². The van der Waals surface area contributed by atoms with Crippen molar-refractivity contribution in [2.45, 2.75) is 40.3 Å². The number of anilines is 1. The summed E-state index contributed by atoms with van der Waals surface area (Å²) in [6, 6.07) is 4.40. The fourth-order valence-electron chi connectivity index (χ4n) is 2.60. The van der Waals surface area contributed by atoms with E-state index in [1.54, 1.807) is 13.0 Å². The van der Waals surface area contributed by atoms with E-state index in [1.807, 2.05) is 18.4 Å². The first kappa shape index (κ1) is 18.6. The van der Waals surface area contributed by atoms with Crippen molar-refractivity contribution in [1.82, 2.24) is 4.57 Å². The van der Waals surface area contributed by atoms with E-state index in [0.717, 1.165) is 29.6 Å². The predicted molar refractivity (Wildman–Crippen MR) is 89.4 cm³/mol. The Morgan fingerprint density at radius 2 is 1.92 bits per heavy atom. The van der Waals surface area contributed by atoms with E-state index in [0.29, 0.717) is 12.1 Å². The van der Waals surface area contributed by atoms with Gasteiger partial charge in [0.1, 0.15) is 11.6 Å². The monoisotopic (exact) mass is 350 g/mol. The van der Waals surface area contributed by atoms with Gasteiger partial charge in [0.2, 0.25) is 0 Å². The van der Waals surface area contributed by atoms with Crippen LogP contribution in [0.4, 0.5) is 14.5 Å². The molecule has 134 valence electrons. The lowest BCUT2D eigenvalue weighted by molar-refractivity contribution is -0.123. The molecule has 0 aliphatic heterocycles. The molecule has 0 aliphatic carbocycles. The Labute approximate surface area is 144 Å². The first-order valence-electron chi connectivity index (χ1n) is 7.88. The maximum absolute atomic E-state index is 13.6. The fraction of sp³-hybridized carbons (Fsp3) is 0.333. The summed E-state index contributed by atoms with van der Waals surface area (Å²) in [5.74, 6) is -2.86. The molecule has 0 saturated heterocycles. The molecule has 0 aliphatic rings. The van der Waals surface area contributed by atoms with Gasteiger partial charge in [-0.3, -0.25) is 4.79 Å². The number of ether oxygens (including phenoxy) is 1. The van der Waals surface area contributed by atoms with Gasteiger partial charge in [-0.15, -0.1) is 0 Å². The van der Waals surface area contributed by atoms with E-state index in [4.69, 9.17) is 4.74 Å². The van der Waals surface area contributed by atoms with Crippen molar-refractivity contribution < 1.29 is 23.1 Å². The topological polar surface area (TPSA) is 60.3 Å². The number of benzene rings is 1. The molecule has 1 unspecified atom stereocenters. The van der Waals surface area contributed by atoms with E-state index in [1.165, 1.54) is 6.92 Å². The van der Waals surface area contributed by atoms with Gasteiger partial charge in [-0.25, -0.2) is 13.6 Å². The first-order chi connectivity index (χ1) is 11.7. The van der Waals surface area contributed by atoms with Gasteiger partial charge in [-0.1, -0.05) is 0 Å². The first-order valence-corrected chi connectivity index (χ1v) is 7.88. The molecule has 1 heterocycles. The van der Waals surface area contributed by atoms with Crippen LogP contribution in [0.3, 0.4) is 0 Å². The molecule has 5 nitrogen and oxygen atoms in total. The van der Waals surface area contributed by atoms with E-state index >= 15 is 0 Å². The third-order valence-corrected chi connectivity index (χ3v) is 3.95. The van der Waals surface area contributed by atoms with E-state index < -0.39 is 29.6 Å². The second-order valence-corrected chi connectivity index (χ2v) is 5.69. The quantitative estimate of drug-likeness (QED) is 0.839. The maximum atomic E-state index is 13.6. The van der Waals surface area contributed by atoms with Gasteiger partial charge in [0.05, 0.1) is 11.3 Å². The van der Waals surface area contributed by atoms with Crippen molar-refractivity contribution in [3.63, 3.8) is 0 Å². The summed E-state index contributed by atoms with van der Waals surface area (Å²) in [6.45, 7) is 7.69. The van der Waals surface area contributed by atoms with Crippen molar-refractivity contribution in [2.24, 2.45) is 0 Å². The minimum Gasteiger partial charge on any atom is -0.449 e. The molecule has 0 bridgehead atoms. The fourth-order valence-corrected chi connectivity index (χ4v) is 2.60. The van der Waals surface area contributed by atoms with Crippen LogP contribution in [0.5, 0.6) is 0 Å². The summed E-state index contributed by atoms with van der Waals surface area (Å²) in [7, 11) is 0. The normalized spacial score (nSPS) is 11.9. The van der Waals surface area contributed by atoms with Crippen LogP contribution in [0.1, 0.15) is 35.6 Å². The summed E-state index contributed by atoms with van der Waals surface area (Å²) in [4.78, 5) is 24.4. The summed E-state index contributed by atoms with van der Waals surface area (Å²) in [5.41, 5.74) is 1.72. The maximum Gasteiger partial charge on any atom is 0.340 e. The molecule has 2 rings (SSSR count). The van der Waals surface area contributed by atoms with Crippen LogP contribution in [0.2, 0.25) is 0 Å². The van der Waals surface area contributed by atoms with Crippen LogP contribution in [0.25, 0.3) is 0 Å². The van der Waals surface area contributed by atoms with Gasteiger partial charge in [-0.2, -0.15) is 0 Å². The zero-order valence-electron chi connectivity index (χ0n) is 14.5. The van der Waals surface area contributed by atoms with E-state index in [9.17, 15) is 18.4 Å². The summed E-state index contributed by atoms with van der Waals surface area (Å²) >= 11 is 0. The number of hydrogen-bond acceptors (Lipinski definition) is 3. The molecular formula is C18H20F2N2O3. The van der Waals surface area contributed by atoms with Crippen molar-refractivity contribution in [3.05, 3.63) is 52.9 Å². The Balaban J connectivity index is 2.08. The number of nitrogens with zero attached hydrogens (tertiary/aromatic N) is 1. The third-order valence-electron chi connectivity index (χ3n) is 3.95. The van der Waals surface area contributed by atoms with Gasteiger partial charge < -0.3 is 14.6 Å². The molecule has 7 heteroatoms. The number of aromatic nitrogens is 1. The number of amides is 1. The number of esters is 1. The standard InChI is InChI=1S/C18H20F2N2O3/c1-5-22-10(2)8-14(11(22)3)18(24)25-12(4)17(23)21-16-9-13(19)6-7-15(16)20/h6-9,12H,5H2,1-4H3,(H,21,23). The van der Waals surface area contributed by atoms with Gasteiger partial charge >= 0.3 is 5.97 Å². The molecule has 0 fully saturated rings. The molecule has 2 aromatic rings.